The molecule has 2 rings (SSSR count). The van der Waals surface area contributed by atoms with Crippen LogP contribution in [0.25, 0.3) is 0 Å². The van der Waals surface area contributed by atoms with Crippen molar-refractivity contribution >= 4 is 11.9 Å². The van der Waals surface area contributed by atoms with E-state index in [4.69, 9.17) is 9.47 Å². The highest BCUT2D eigenvalue weighted by Crippen LogP contribution is 2.42. The van der Waals surface area contributed by atoms with E-state index in [1.54, 1.807) is 13.8 Å². The van der Waals surface area contributed by atoms with Crippen molar-refractivity contribution in [3.05, 3.63) is 35.4 Å². The molecule has 0 N–H and O–H groups in total. The summed E-state index contributed by atoms with van der Waals surface area (Å²) >= 11 is 0. The Morgan fingerprint density at radius 3 is 2.00 bits per heavy atom. The largest absolute Gasteiger partial charge is 0.465 e. The van der Waals surface area contributed by atoms with Crippen LogP contribution in [0, 0.1) is 5.41 Å². The van der Waals surface area contributed by atoms with E-state index in [9.17, 15) is 9.59 Å². The summed E-state index contributed by atoms with van der Waals surface area (Å²) in [6.07, 6.45) is 12.2. The second-order valence-electron chi connectivity index (χ2n) is 9.52. The van der Waals surface area contributed by atoms with Crippen molar-refractivity contribution in [2.24, 2.45) is 5.41 Å². The van der Waals surface area contributed by atoms with Crippen LogP contribution in [0.5, 0.6) is 0 Å². The highest BCUT2D eigenvalue weighted by atomic mass is 16.6. The maximum atomic E-state index is 12.7. The number of carbonyl (C=O) groups is 2. The van der Waals surface area contributed by atoms with Crippen molar-refractivity contribution in [1.82, 2.24) is 4.90 Å². The summed E-state index contributed by atoms with van der Waals surface area (Å²) in [4.78, 5) is 27.6. The molecule has 1 aromatic carbocycles. The van der Waals surface area contributed by atoms with Gasteiger partial charge in [0.05, 0.1) is 13.2 Å². The minimum atomic E-state index is -1.16. The Labute approximate surface area is 201 Å². The van der Waals surface area contributed by atoms with Crippen LogP contribution in [0.15, 0.2) is 24.3 Å². The third-order valence-electron chi connectivity index (χ3n) is 6.97. The van der Waals surface area contributed by atoms with Gasteiger partial charge in [-0.1, -0.05) is 69.7 Å². The second-order valence-corrected chi connectivity index (χ2v) is 9.52. The van der Waals surface area contributed by atoms with E-state index < -0.39 is 17.4 Å². The average Bonchev–Trinajstić information content (AvgIpc) is 3.27. The molecule has 0 heterocycles. The molecule has 1 fully saturated rings. The molecular weight excluding hydrogens is 414 g/mol. The van der Waals surface area contributed by atoms with Gasteiger partial charge in [-0.25, -0.2) is 0 Å². The van der Waals surface area contributed by atoms with Crippen molar-refractivity contribution < 1.29 is 19.1 Å². The fraction of sp³-hybridized carbons (Fsp3) is 0.714. The quantitative estimate of drug-likeness (QED) is 0.181. The normalized spacial score (nSPS) is 17.3. The van der Waals surface area contributed by atoms with Gasteiger partial charge in [-0.05, 0) is 64.1 Å². The third kappa shape index (κ3) is 8.13. The lowest BCUT2D eigenvalue weighted by Gasteiger charge is -2.28. The molecule has 0 amide bonds. The molecule has 0 saturated heterocycles. The van der Waals surface area contributed by atoms with E-state index in [0.29, 0.717) is 12.8 Å². The molecule has 1 atom stereocenters. The zero-order valence-corrected chi connectivity index (χ0v) is 21.4. The number of aryl methyl sites for hydroxylation is 1. The first kappa shape index (κ1) is 27.4. The zero-order chi connectivity index (χ0) is 24.1. The lowest BCUT2D eigenvalue weighted by atomic mass is 9.86. The van der Waals surface area contributed by atoms with Crippen LogP contribution >= 0.6 is 0 Å². The summed E-state index contributed by atoms with van der Waals surface area (Å²) in [6, 6.07) is 9.07. The first-order valence-corrected chi connectivity index (χ1v) is 13.1. The zero-order valence-electron chi connectivity index (χ0n) is 21.4. The number of benzene rings is 1. The van der Waals surface area contributed by atoms with Crippen molar-refractivity contribution in [3.63, 3.8) is 0 Å². The Balaban J connectivity index is 1.85. The number of unbranched alkanes of at least 4 members (excludes halogenated alkanes) is 6. The van der Waals surface area contributed by atoms with E-state index in [0.717, 1.165) is 19.4 Å². The van der Waals surface area contributed by atoms with Crippen molar-refractivity contribution in [2.75, 3.05) is 20.3 Å². The highest BCUT2D eigenvalue weighted by molar-refractivity contribution is 6.00. The Bertz CT molecular complexity index is 697. The topological polar surface area (TPSA) is 55.8 Å². The molecule has 1 unspecified atom stereocenters. The van der Waals surface area contributed by atoms with Crippen LogP contribution in [-0.4, -0.2) is 43.1 Å². The van der Waals surface area contributed by atoms with Crippen molar-refractivity contribution in [3.8, 4) is 0 Å². The summed E-state index contributed by atoms with van der Waals surface area (Å²) in [7, 11) is 2.07. The smallest absolute Gasteiger partial charge is 0.323 e. The number of ether oxygens (including phenoxy) is 2. The average molecular weight is 460 g/mol. The van der Waals surface area contributed by atoms with Gasteiger partial charge >= 0.3 is 11.9 Å². The summed E-state index contributed by atoms with van der Waals surface area (Å²) in [5, 5.41) is 0. The van der Waals surface area contributed by atoms with E-state index in [-0.39, 0.29) is 19.3 Å². The monoisotopic (exact) mass is 459 g/mol. The molecule has 5 nitrogen and oxygen atoms in total. The first-order valence-electron chi connectivity index (χ1n) is 13.1. The Morgan fingerprint density at radius 2 is 1.42 bits per heavy atom. The number of rotatable bonds is 15. The van der Waals surface area contributed by atoms with Crippen molar-refractivity contribution in [2.45, 2.75) is 104 Å². The van der Waals surface area contributed by atoms with E-state index >= 15 is 0 Å². The van der Waals surface area contributed by atoms with Crippen LogP contribution in [0.3, 0.4) is 0 Å². The van der Waals surface area contributed by atoms with Crippen LogP contribution < -0.4 is 0 Å². The molecule has 0 bridgehead atoms. The van der Waals surface area contributed by atoms with Crippen LogP contribution in [0.4, 0.5) is 0 Å². The van der Waals surface area contributed by atoms with Crippen LogP contribution in [-0.2, 0) is 32.0 Å². The summed E-state index contributed by atoms with van der Waals surface area (Å²) in [6.45, 7) is 7.13. The molecule has 1 aliphatic carbocycles. The van der Waals surface area contributed by atoms with Gasteiger partial charge in [0, 0.05) is 12.6 Å². The van der Waals surface area contributed by atoms with Crippen LogP contribution in [0.1, 0.15) is 96.1 Å². The van der Waals surface area contributed by atoms with Gasteiger partial charge in [0.1, 0.15) is 0 Å². The molecule has 0 aliphatic heterocycles. The molecule has 33 heavy (non-hydrogen) atoms. The summed E-state index contributed by atoms with van der Waals surface area (Å²) in [5.41, 5.74) is 1.50. The number of carbonyl (C=O) groups excluding carboxylic acids is 2. The summed E-state index contributed by atoms with van der Waals surface area (Å²) in [5.74, 6) is -0.872. The Kier molecular flexibility index (Phi) is 11.9. The number of esters is 2. The highest BCUT2D eigenvalue weighted by Gasteiger charge is 2.54. The molecule has 1 aliphatic rings. The molecular formula is C28H45NO4. The SMILES string of the molecule is CCCCCCCCCc1ccc(CN(C)C2CCC(C(=O)OCC)(C(=O)OCC)C2)cc1. The molecule has 1 saturated carbocycles. The van der Waals surface area contributed by atoms with E-state index in [1.807, 2.05) is 0 Å². The van der Waals surface area contributed by atoms with Gasteiger partial charge in [-0.2, -0.15) is 0 Å². The minimum Gasteiger partial charge on any atom is -0.465 e. The minimum absolute atomic E-state index is 0.145. The fourth-order valence-corrected chi connectivity index (χ4v) is 4.90. The summed E-state index contributed by atoms with van der Waals surface area (Å²) < 4.78 is 10.5. The van der Waals surface area contributed by atoms with Crippen LogP contribution in [0.2, 0.25) is 0 Å². The molecule has 0 spiro atoms. The standard InChI is InChI=1S/C28H45NO4/c1-5-8-9-10-11-12-13-14-23-15-17-24(18-16-23)22-29(4)25-19-20-28(21-25,26(30)32-6-2)27(31)33-7-3/h15-18,25H,5-14,19-22H2,1-4H3. The van der Waals surface area contributed by atoms with Gasteiger partial charge in [0.2, 0.25) is 0 Å². The van der Waals surface area contributed by atoms with Gasteiger partial charge in [-0.3, -0.25) is 14.5 Å². The molecule has 0 aromatic heterocycles. The predicted molar refractivity (Wildman–Crippen MR) is 133 cm³/mol. The second kappa shape index (κ2) is 14.4. The van der Waals surface area contributed by atoms with Gasteiger partial charge < -0.3 is 9.47 Å². The maximum absolute atomic E-state index is 12.7. The molecule has 5 heteroatoms. The third-order valence-corrected chi connectivity index (χ3v) is 6.97. The molecule has 0 radical (unpaired) electrons. The lowest BCUT2D eigenvalue weighted by Crippen LogP contribution is -2.42. The van der Waals surface area contributed by atoms with Crippen molar-refractivity contribution in [1.29, 1.82) is 0 Å². The van der Waals surface area contributed by atoms with Gasteiger partial charge in [-0.15, -0.1) is 0 Å². The fourth-order valence-electron chi connectivity index (χ4n) is 4.90. The molecule has 1 aromatic rings. The van der Waals surface area contributed by atoms with E-state index in [2.05, 4.69) is 43.1 Å². The predicted octanol–water partition coefficient (Wildman–Crippen LogP) is 6.08. The lowest BCUT2D eigenvalue weighted by molar-refractivity contribution is -0.171. The first-order chi connectivity index (χ1) is 16.0. The Hall–Kier alpha value is -1.88. The van der Waals surface area contributed by atoms with Gasteiger partial charge in [0.25, 0.3) is 0 Å². The number of hydrogen-bond donors (Lipinski definition) is 0. The Morgan fingerprint density at radius 1 is 0.879 bits per heavy atom. The van der Waals surface area contributed by atoms with Gasteiger partial charge in [0.15, 0.2) is 5.41 Å². The maximum Gasteiger partial charge on any atom is 0.323 e. The number of nitrogens with zero attached hydrogens (tertiary/aromatic N) is 1. The van der Waals surface area contributed by atoms with E-state index in [1.165, 1.54) is 56.1 Å². The number of hydrogen-bond acceptors (Lipinski definition) is 5. The molecule has 186 valence electrons.